The van der Waals surface area contributed by atoms with Crippen molar-refractivity contribution in [3.63, 3.8) is 0 Å². The molecule has 2 aliphatic heterocycles. The lowest BCUT2D eigenvalue weighted by Gasteiger charge is -2.37. The van der Waals surface area contributed by atoms with Crippen LogP contribution in [-0.4, -0.2) is 86.0 Å². The Balaban J connectivity index is 1.50. The molecule has 6 nitrogen and oxygen atoms in total. The van der Waals surface area contributed by atoms with Gasteiger partial charge >= 0.3 is 0 Å². The van der Waals surface area contributed by atoms with E-state index in [0.717, 1.165) is 63.6 Å². The quantitative estimate of drug-likeness (QED) is 0.568. The lowest BCUT2D eigenvalue weighted by molar-refractivity contribution is -0.131. The van der Waals surface area contributed by atoms with Crippen molar-refractivity contribution in [3.05, 3.63) is 34.6 Å². The minimum absolute atomic E-state index is 0.251. The van der Waals surface area contributed by atoms with Crippen LogP contribution in [0.3, 0.4) is 0 Å². The number of hydrogen-bond acceptors (Lipinski definition) is 3. The van der Waals surface area contributed by atoms with Gasteiger partial charge in [0, 0.05) is 63.3 Å². The first-order valence-electron chi connectivity index (χ1n) is 10.7. The molecule has 30 heavy (non-hydrogen) atoms. The highest BCUT2D eigenvalue weighted by molar-refractivity contribution is 6.31. The molecule has 2 saturated heterocycles. The van der Waals surface area contributed by atoms with Gasteiger partial charge in [-0.3, -0.25) is 14.7 Å². The molecule has 2 fully saturated rings. The van der Waals surface area contributed by atoms with Crippen LogP contribution in [0.4, 0.5) is 4.39 Å². The molecule has 1 N–H and O–H groups in total. The molecule has 3 rings (SSSR count). The molecule has 0 spiro atoms. The maximum absolute atomic E-state index is 13.4. The zero-order valence-corrected chi connectivity index (χ0v) is 19.0. The summed E-state index contributed by atoms with van der Waals surface area (Å²) < 4.78 is 13.4. The van der Waals surface area contributed by atoms with Crippen LogP contribution in [0.15, 0.2) is 23.2 Å². The lowest BCUT2D eigenvalue weighted by atomic mass is 9.84. The van der Waals surface area contributed by atoms with Gasteiger partial charge in [0.05, 0.1) is 6.54 Å². The summed E-state index contributed by atoms with van der Waals surface area (Å²) in [7, 11) is 1.78. The highest BCUT2D eigenvalue weighted by atomic mass is 35.5. The number of amides is 1. The predicted molar refractivity (Wildman–Crippen MR) is 120 cm³/mol. The maximum atomic E-state index is 13.4. The Morgan fingerprint density at radius 1 is 1.13 bits per heavy atom. The SMILES string of the molecule is CN=C(NCC(C)(C)c1ccc(F)cc1Cl)N1CCN(CC(=O)N2CCCC2)CC1. The molecule has 166 valence electrons. The second-order valence-electron chi connectivity index (χ2n) is 8.76. The first-order chi connectivity index (χ1) is 14.3. The van der Waals surface area contributed by atoms with Gasteiger partial charge in [-0.2, -0.15) is 0 Å². The smallest absolute Gasteiger partial charge is 0.236 e. The van der Waals surface area contributed by atoms with E-state index in [2.05, 4.69) is 34.0 Å². The normalized spacial score (nSPS) is 18.8. The van der Waals surface area contributed by atoms with Crippen LogP contribution < -0.4 is 5.32 Å². The molecule has 0 aromatic heterocycles. The van der Waals surface area contributed by atoms with E-state index in [1.165, 1.54) is 12.1 Å². The predicted octanol–water partition coefficient (Wildman–Crippen LogP) is 2.57. The number of carbonyl (C=O) groups excluding carboxylic acids is 1. The Kier molecular flexibility index (Phi) is 7.58. The second kappa shape index (κ2) is 9.96. The van der Waals surface area contributed by atoms with E-state index in [4.69, 9.17) is 11.6 Å². The van der Waals surface area contributed by atoms with Gasteiger partial charge in [0.1, 0.15) is 5.82 Å². The van der Waals surface area contributed by atoms with Crippen LogP contribution in [0.5, 0.6) is 0 Å². The number of halogens is 2. The summed E-state index contributed by atoms with van der Waals surface area (Å²) in [5.74, 6) is 0.762. The van der Waals surface area contributed by atoms with Crippen LogP contribution in [0.25, 0.3) is 0 Å². The third-order valence-corrected chi connectivity index (χ3v) is 6.36. The highest BCUT2D eigenvalue weighted by Crippen LogP contribution is 2.30. The molecule has 0 bridgehead atoms. The number of carbonyl (C=O) groups is 1. The van der Waals surface area contributed by atoms with Gasteiger partial charge in [0.25, 0.3) is 0 Å². The highest BCUT2D eigenvalue weighted by Gasteiger charge is 2.27. The van der Waals surface area contributed by atoms with Gasteiger partial charge in [-0.15, -0.1) is 0 Å². The number of nitrogens with zero attached hydrogens (tertiary/aromatic N) is 4. The average molecular weight is 438 g/mol. The molecule has 1 amide bonds. The van der Waals surface area contributed by atoms with Crippen LogP contribution in [0.1, 0.15) is 32.3 Å². The largest absolute Gasteiger partial charge is 0.355 e. The molecule has 1 aromatic carbocycles. The molecular weight excluding hydrogens is 405 g/mol. The van der Waals surface area contributed by atoms with Crippen molar-refractivity contribution < 1.29 is 9.18 Å². The molecule has 1 aromatic rings. The summed E-state index contributed by atoms with van der Waals surface area (Å²) >= 11 is 6.27. The minimum Gasteiger partial charge on any atom is -0.355 e. The summed E-state index contributed by atoms with van der Waals surface area (Å²) in [4.78, 5) is 23.3. The van der Waals surface area contributed by atoms with Gasteiger partial charge in [0.2, 0.25) is 5.91 Å². The Morgan fingerprint density at radius 2 is 1.80 bits per heavy atom. The van der Waals surface area contributed by atoms with Crippen molar-refractivity contribution in [2.75, 3.05) is 59.4 Å². The van der Waals surface area contributed by atoms with E-state index < -0.39 is 0 Å². The number of benzene rings is 1. The molecule has 2 aliphatic rings. The number of piperazine rings is 1. The van der Waals surface area contributed by atoms with E-state index in [0.29, 0.717) is 18.1 Å². The van der Waals surface area contributed by atoms with Crippen LogP contribution in [0.2, 0.25) is 5.02 Å². The van der Waals surface area contributed by atoms with Crippen molar-refractivity contribution in [1.29, 1.82) is 0 Å². The Bertz CT molecular complexity index is 771. The second-order valence-corrected chi connectivity index (χ2v) is 9.17. The van der Waals surface area contributed by atoms with E-state index in [1.54, 1.807) is 13.1 Å². The van der Waals surface area contributed by atoms with Crippen molar-refractivity contribution in [3.8, 4) is 0 Å². The van der Waals surface area contributed by atoms with Gasteiger partial charge in [0.15, 0.2) is 5.96 Å². The van der Waals surface area contributed by atoms with Crippen LogP contribution >= 0.6 is 11.6 Å². The Morgan fingerprint density at radius 3 is 2.40 bits per heavy atom. The Labute approximate surface area is 184 Å². The summed E-state index contributed by atoms with van der Waals surface area (Å²) in [6.07, 6.45) is 2.25. The van der Waals surface area contributed by atoms with Crippen LogP contribution in [-0.2, 0) is 10.2 Å². The van der Waals surface area contributed by atoms with Crippen molar-refractivity contribution in [2.24, 2.45) is 4.99 Å². The van der Waals surface area contributed by atoms with Crippen molar-refractivity contribution >= 4 is 23.5 Å². The van der Waals surface area contributed by atoms with E-state index in [-0.39, 0.29) is 17.1 Å². The van der Waals surface area contributed by atoms with Crippen molar-refractivity contribution in [1.82, 2.24) is 20.0 Å². The van der Waals surface area contributed by atoms with E-state index in [9.17, 15) is 9.18 Å². The number of hydrogen-bond donors (Lipinski definition) is 1. The van der Waals surface area contributed by atoms with Gasteiger partial charge in [-0.1, -0.05) is 31.5 Å². The van der Waals surface area contributed by atoms with E-state index in [1.807, 2.05) is 4.90 Å². The Hall–Kier alpha value is -1.86. The first-order valence-corrected chi connectivity index (χ1v) is 11.1. The third kappa shape index (κ3) is 5.64. The number of guanidine groups is 1. The fourth-order valence-electron chi connectivity index (χ4n) is 4.14. The van der Waals surface area contributed by atoms with Gasteiger partial charge in [-0.05, 0) is 30.5 Å². The number of aliphatic imine (C=N–C) groups is 1. The molecule has 0 unspecified atom stereocenters. The summed E-state index contributed by atoms with van der Waals surface area (Å²) in [5.41, 5.74) is 0.615. The maximum Gasteiger partial charge on any atom is 0.236 e. The minimum atomic E-state index is -0.329. The molecule has 0 atom stereocenters. The molecule has 2 heterocycles. The zero-order chi connectivity index (χ0) is 21.7. The van der Waals surface area contributed by atoms with Crippen molar-refractivity contribution in [2.45, 2.75) is 32.1 Å². The summed E-state index contributed by atoms with van der Waals surface area (Å²) in [6, 6.07) is 4.55. The van der Waals surface area contributed by atoms with E-state index >= 15 is 0 Å². The summed E-state index contributed by atoms with van der Waals surface area (Å²) in [6.45, 7) is 10.4. The molecule has 0 aliphatic carbocycles. The standard InChI is InChI=1S/C22H33ClFN5O/c1-22(2,18-7-6-17(24)14-19(18)23)16-26-21(25-3)29-12-10-27(11-13-29)15-20(30)28-8-4-5-9-28/h6-7,14H,4-5,8-13,15-16H2,1-3H3,(H,25,26). The van der Waals surface area contributed by atoms with Crippen LogP contribution in [0, 0.1) is 5.82 Å². The number of rotatable bonds is 5. The molecular formula is C22H33ClFN5O. The topological polar surface area (TPSA) is 51.2 Å². The molecule has 0 saturated carbocycles. The monoisotopic (exact) mass is 437 g/mol. The summed E-state index contributed by atoms with van der Waals surface area (Å²) in [5, 5.41) is 3.89. The molecule has 8 heteroatoms. The first kappa shape index (κ1) is 22.8. The number of nitrogens with one attached hydrogen (secondary N) is 1. The molecule has 0 radical (unpaired) electrons. The lowest BCUT2D eigenvalue weighted by Crippen LogP contribution is -2.55. The van der Waals surface area contributed by atoms with Gasteiger partial charge < -0.3 is 15.1 Å². The fourth-order valence-corrected chi connectivity index (χ4v) is 4.56. The average Bonchev–Trinajstić information content (AvgIpc) is 3.24. The van der Waals surface area contributed by atoms with Gasteiger partial charge in [-0.25, -0.2) is 4.39 Å². The fraction of sp³-hybridized carbons (Fsp3) is 0.636. The third-order valence-electron chi connectivity index (χ3n) is 6.05. The number of likely N-dealkylation sites (tertiary alicyclic amines) is 1. The zero-order valence-electron chi connectivity index (χ0n) is 18.3.